The molecule has 0 saturated heterocycles. The van der Waals surface area contributed by atoms with Crippen LogP contribution in [0.15, 0.2) is 15.5 Å². The summed E-state index contributed by atoms with van der Waals surface area (Å²) in [5.74, 6) is 1.00. The first kappa shape index (κ1) is 16.5. The lowest BCUT2D eigenvalue weighted by atomic mass is 10.0. The SMILES string of the molecule is CC(C)Cn1ncc(NCC2C(C)(C)C2(C)C)c(Br)c1=O. The third-order valence-electron chi connectivity index (χ3n) is 5.34. The zero-order chi connectivity index (χ0) is 16.0. The van der Waals surface area contributed by atoms with E-state index in [-0.39, 0.29) is 5.56 Å². The van der Waals surface area contributed by atoms with Crippen molar-refractivity contribution >= 4 is 21.6 Å². The van der Waals surface area contributed by atoms with Gasteiger partial charge in [0, 0.05) is 13.1 Å². The molecule has 0 atom stereocenters. The Balaban J connectivity index is 2.09. The minimum Gasteiger partial charge on any atom is -0.382 e. The molecule has 0 aromatic carbocycles. The Kier molecular flexibility index (Phi) is 4.26. The largest absolute Gasteiger partial charge is 0.382 e. The minimum atomic E-state index is -0.0667. The summed E-state index contributed by atoms with van der Waals surface area (Å²) in [6, 6.07) is 0. The normalized spacial score (nSPS) is 19.8. The van der Waals surface area contributed by atoms with Crippen LogP contribution < -0.4 is 10.9 Å². The van der Waals surface area contributed by atoms with Crippen molar-refractivity contribution in [2.45, 2.75) is 48.1 Å². The molecule has 118 valence electrons. The summed E-state index contributed by atoms with van der Waals surface area (Å²) in [5, 5.41) is 7.65. The number of hydrogen-bond acceptors (Lipinski definition) is 3. The molecule has 1 saturated carbocycles. The summed E-state index contributed by atoms with van der Waals surface area (Å²) in [7, 11) is 0. The van der Waals surface area contributed by atoms with Gasteiger partial charge in [0.15, 0.2) is 0 Å². The fourth-order valence-corrected chi connectivity index (χ4v) is 3.57. The molecule has 1 aliphatic rings. The maximum absolute atomic E-state index is 12.3. The molecule has 0 spiro atoms. The Morgan fingerprint density at radius 2 is 1.90 bits per heavy atom. The van der Waals surface area contributed by atoms with Crippen LogP contribution in [0.25, 0.3) is 0 Å². The highest BCUT2D eigenvalue weighted by Gasteiger charge is 2.64. The van der Waals surface area contributed by atoms with Crippen molar-refractivity contribution in [1.82, 2.24) is 9.78 Å². The fraction of sp³-hybridized carbons (Fsp3) is 0.750. The van der Waals surface area contributed by atoms with Gasteiger partial charge < -0.3 is 5.32 Å². The van der Waals surface area contributed by atoms with Crippen LogP contribution in [0.3, 0.4) is 0 Å². The maximum Gasteiger partial charge on any atom is 0.283 e. The van der Waals surface area contributed by atoms with Crippen LogP contribution in [0.1, 0.15) is 41.5 Å². The summed E-state index contributed by atoms with van der Waals surface area (Å²) < 4.78 is 2.10. The van der Waals surface area contributed by atoms with Gasteiger partial charge in [0.25, 0.3) is 5.56 Å². The van der Waals surface area contributed by atoms with Crippen LogP contribution in [-0.4, -0.2) is 16.3 Å². The Morgan fingerprint density at radius 3 is 2.38 bits per heavy atom. The summed E-state index contributed by atoms with van der Waals surface area (Å²) in [6.45, 7) is 14.9. The van der Waals surface area contributed by atoms with E-state index in [0.717, 1.165) is 12.2 Å². The second-order valence-corrected chi connectivity index (χ2v) is 8.42. The lowest BCUT2D eigenvalue weighted by molar-refractivity contribution is 0.457. The summed E-state index contributed by atoms with van der Waals surface area (Å²) >= 11 is 3.41. The van der Waals surface area contributed by atoms with Gasteiger partial charge in [-0.25, -0.2) is 4.68 Å². The fourth-order valence-electron chi connectivity index (χ4n) is 3.12. The molecule has 4 nitrogen and oxygen atoms in total. The van der Waals surface area contributed by atoms with Gasteiger partial charge in [0.05, 0.1) is 11.9 Å². The molecule has 1 heterocycles. The quantitative estimate of drug-likeness (QED) is 0.874. The first-order valence-electron chi connectivity index (χ1n) is 7.58. The van der Waals surface area contributed by atoms with E-state index in [1.165, 1.54) is 4.68 Å². The van der Waals surface area contributed by atoms with Crippen molar-refractivity contribution in [1.29, 1.82) is 0 Å². The molecule has 1 aliphatic carbocycles. The minimum absolute atomic E-state index is 0.0667. The van der Waals surface area contributed by atoms with Crippen LogP contribution in [0, 0.1) is 22.7 Å². The Bertz CT molecular complexity index is 576. The Labute approximate surface area is 135 Å². The van der Waals surface area contributed by atoms with Crippen molar-refractivity contribution in [2.75, 3.05) is 11.9 Å². The van der Waals surface area contributed by atoms with E-state index >= 15 is 0 Å². The number of aromatic nitrogens is 2. The van der Waals surface area contributed by atoms with E-state index in [1.54, 1.807) is 6.20 Å². The predicted octanol–water partition coefficient (Wildman–Crippen LogP) is 3.76. The summed E-state index contributed by atoms with van der Waals surface area (Å²) in [6.07, 6.45) is 1.75. The molecular formula is C16H26BrN3O. The van der Waals surface area contributed by atoms with Gasteiger partial charge in [0.1, 0.15) is 4.47 Å². The molecular weight excluding hydrogens is 330 g/mol. The molecule has 0 unspecified atom stereocenters. The molecule has 0 radical (unpaired) electrons. The molecule has 0 aliphatic heterocycles. The van der Waals surface area contributed by atoms with Gasteiger partial charge in [-0.15, -0.1) is 0 Å². The van der Waals surface area contributed by atoms with Crippen molar-refractivity contribution < 1.29 is 0 Å². The lowest BCUT2D eigenvalue weighted by Gasteiger charge is -2.12. The second-order valence-electron chi connectivity index (χ2n) is 7.63. The maximum atomic E-state index is 12.3. The van der Waals surface area contributed by atoms with Crippen LogP contribution in [-0.2, 0) is 6.54 Å². The van der Waals surface area contributed by atoms with Crippen LogP contribution >= 0.6 is 15.9 Å². The molecule has 1 aromatic heterocycles. The summed E-state index contributed by atoms with van der Waals surface area (Å²) in [4.78, 5) is 12.3. The van der Waals surface area contributed by atoms with Crippen LogP contribution in [0.2, 0.25) is 0 Å². The van der Waals surface area contributed by atoms with Crippen LogP contribution in [0.4, 0.5) is 5.69 Å². The van der Waals surface area contributed by atoms with E-state index in [4.69, 9.17) is 0 Å². The average molecular weight is 356 g/mol. The highest BCUT2D eigenvalue weighted by atomic mass is 79.9. The van der Waals surface area contributed by atoms with E-state index in [2.05, 4.69) is 67.9 Å². The second kappa shape index (κ2) is 5.41. The molecule has 1 N–H and O–H groups in total. The number of nitrogens with one attached hydrogen (secondary N) is 1. The Morgan fingerprint density at radius 1 is 1.33 bits per heavy atom. The predicted molar refractivity (Wildman–Crippen MR) is 90.6 cm³/mol. The third-order valence-corrected chi connectivity index (χ3v) is 6.11. The average Bonchev–Trinajstić information content (AvgIpc) is 2.75. The van der Waals surface area contributed by atoms with Crippen LogP contribution in [0.5, 0.6) is 0 Å². The van der Waals surface area contributed by atoms with Gasteiger partial charge in [-0.1, -0.05) is 41.5 Å². The highest BCUT2D eigenvalue weighted by molar-refractivity contribution is 9.10. The number of anilines is 1. The van der Waals surface area contributed by atoms with E-state index < -0.39 is 0 Å². The molecule has 0 amide bonds. The monoisotopic (exact) mass is 355 g/mol. The van der Waals surface area contributed by atoms with E-state index in [9.17, 15) is 4.79 Å². The molecule has 2 rings (SSSR count). The van der Waals surface area contributed by atoms with E-state index in [1.807, 2.05) is 0 Å². The topological polar surface area (TPSA) is 46.9 Å². The Hall–Kier alpha value is -0.840. The molecule has 1 aromatic rings. The molecule has 1 fully saturated rings. The highest BCUT2D eigenvalue weighted by Crippen LogP contribution is 2.68. The molecule has 21 heavy (non-hydrogen) atoms. The molecule has 5 heteroatoms. The number of nitrogens with zero attached hydrogens (tertiary/aromatic N) is 2. The van der Waals surface area contributed by atoms with Gasteiger partial charge in [-0.2, -0.15) is 5.10 Å². The first-order chi connectivity index (χ1) is 9.59. The standard InChI is InChI=1S/C16H26BrN3O/c1-10(2)9-20-14(21)13(17)11(7-19-20)18-8-12-15(3,4)16(12,5)6/h7,10,12,18H,8-9H2,1-6H3. The van der Waals surface area contributed by atoms with Crippen molar-refractivity contribution in [3.8, 4) is 0 Å². The van der Waals surface area contributed by atoms with Crippen molar-refractivity contribution in [3.63, 3.8) is 0 Å². The van der Waals surface area contributed by atoms with Crippen molar-refractivity contribution in [2.24, 2.45) is 22.7 Å². The van der Waals surface area contributed by atoms with E-state index in [0.29, 0.717) is 33.7 Å². The number of hydrogen-bond donors (Lipinski definition) is 1. The van der Waals surface area contributed by atoms with Gasteiger partial charge >= 0.3 is 0 Å². The zero-order valence-electron chi connectivity index (χ0n) is 13.8. The zero-order valence-corrected chi connectivity index (χ0v) is 15.4. The molecule has 0 bridgehead atoms. The third kappa shape index (κ3) is 2.89. The first-order valence-corrected chi connectivity index (χ1v) is 8.37. The van der Waals surface area contributed by atoms with Gasteiger partial charge in [0.2, 0.25) is 0 Å². The lowest BCUT2D eigenvalue weighted by Crippen LogP contribution is -2.26. The number of halogens is 1. The number of rotatable bonds is 5. The van der Waals surface area contributed by atoms with Gasteiger partial charge in [-0.3, -0.25) is 4.79 Å². The van der Waals surface area contributed by atoms with Gasteiger partial charge in [-0.05, 0) is 38.6 Å². The van der Waals surface area contributed by atoms with Crippen molar-refractivity contribution in [3.05, 3.63) is 21.0 Å². The smallest absolute Gasteiger partial charge is 0.283 e. The summed E-state index contributed by atoms with van der Waals surface area (Å²) in [5.41, 5.74) is 1.40.